The van der Waals surface area contributed by atoms with Gasteiger partial charge in [-0.15, -0.1) is 0 Å². The third-order valence-corrected chi connectivity index (χ3v) is 3.03. The molecule has 0 spiro atoms. The van der Waals surface area contributed by atoms with Crippen molar-refractivity contribution in [3.8, 4) is 0 Å². The fraction of sp³-hybridized carbons (Fsp3) is 0.250. The maximum Gasteiger partial charge on any atom is 0.0208 e. The molecule has 3 heteroatoms. The number of benzene rings is 1. The van der Waals surface area contributed by atoms with Gasteiger partial charge < -0.3 is 0 Å². The van der Waals surface area contributed by atoms with Gasteiger partial charge in [0.15, 0.2) is 0 Å². The summed E-state index contributed by atoms with van der Waals surface area (Å²) in [6, 6.07) is 6.22. The number of rotatable bonds is 2. The minimum absolute atomic E-state index is 1.00. The summed E-state index contributed by atoms with van der Waals surface area (Å²) in [5.41, 5.74) is 1.33. The molecule has 11 heavy (non-hydrogen) atoms. The molecule has 0 bridgehead atoms. The highest BCUT2D eigenvalue weighted by Gasteiger charge is 1.98. The molecule has 0 saturated carbocycles. The van der Waals surface area contributed by atoms with Gasteiger partial charge in [-0.25, -0.2) is 0 Å². The number of aryl methyl sites for hydroxylation is 1. The van der Waals surface area contributed by atoms with E-state index in [-0.39, 0.29) is 0 Å². The Kier molecular flexibility index (Phi) is 4.10. The Morgan fingerprint density at radius 3 is 2.55 bits per heavy atom. The average molecular weight is 343 g/mol. The molecule has 1 rings (SSSR count). The molecule has 0 amide bonds. The first-order valence-electron chi connectivity index (χ1n) is 3.24. The molecule has 0 atom stereocenters. The third-order valence-electron chi connectivity index (χ3n) is 1.37. The van der Waals surface area contributed by atoms with Crippen LogP contribution in [0.4, 0.5) is 0 Å². The fourth-order valence-electron chi connectivity index (χ4n) is 0.837. The second kappa shape index (κ2) is 4.63. The van der Waals surface area contributed by atoms with E-state index in [0.717, 1.165) is 16.2 Å². The lowest BCUT2D eigenvalue weighted by Crippen LogP contribution is -1.86. The average Bonchev–Trinajstić information content (AvgIpc) is 1.98. The maximum atomic E-state index is 3.49. The summed E-state index contributed by atoms with van der Waals surface area (Å²) in [5, 5.41) is 1.00. The van der Waals surface area contributed by atoms with Crippen LogP contribution in [-0.2, 0) is 6.42 Å². The summed E-state index contributed by atoms with van der Waals surface area (Å²) in [7, 11) is 0. The van der Waals surface area contributed by atoms with Crippen molar-refractivity contribution in [2.75, 3.05) is 5.33 Å². The SMILES string of the molecule is BrCCc1cc(Br)ccc1Br. The number of alkyl halides is 1. The monoisotopic (exact) mass is 340 g/mol. The molecular weight excluding hydrogens is 336 g/mol. The highest BCUT2D eigenvalue weighted by molar-refractivity contribution is 9.11. The van der Waals surface area contributed by atoms with Crippen molar-refractivity contribution in [2.24, 2.45) is 0 Å². The quantitative estimate of drug-likeness (QED) is 0.708. The van der Waals surface area contributed by atoms with Gasteiger partial charge >= 0.3 is 0 Å². The lowest BCUT2D eigenvalue weighted by molar-refractivity contribution is 1.15. The minimum Gasteiger partial charge on any atom is -0.0924 e. The van der Waals surface area contributed by atoms with Crippen LogP contribution in [0.3, 0.4) is 0 Å². The lowest BCUT2D eigenvalue weighted by atomic mass is 10.2. The van der Waals surface area contributed by atoms with E-state index < -0.39 is 0 Å². The molecule has 0 aliphatic heterocycles. The molecule has 0 heterocycles. The van der Waals surface area contributed by atoms with Gasteiger partial charge in [0, 0.05) is 14.3 Å². The highest BCUT2D eigenvalue weighted by atomic mass is 79.9. The Morgan fingerprint density at radius 2 is 1.91 bits per heavy atom. The number of hydrogen-bond acceptors (Lipinski definition) is 0. The molecule has 1 aromatic carbocycles. The van der Waals surface area contributed by atoms with Crippen molar-refractivity contribution in [1.82, 2.24) is 0 Å². The first-order valence-corrected chi connectivity index (χ1v) is 5.94. The summed E-state index contributed by atoms with van der Waals surface area (Å²) in [5.74, 6) is 0. The molecule has 0 aliphatic rings. The minimum atomic E-state index is 1.00. The zero-order chi connectivity index (χ0) is 8.27. The predicted octanol–water partition coefficient (Wildman–Crippen LogP) is 4.15. The molecule has 0 unspecified atom stereocenters. The van der Waals surface area contributed by atoms with Gasteiger partial charge in [0.2, 0.25) is 0 Å². The fourth-order valence-corrected chi connectivity index (χ4v) is 2.12. The van der Waals surface area contributed by atoms with Gasteiger partial charge in [0.05, 0.1) is 0 Å². The van der Waals surface area contributed by atoms with E-state index in [4.69, 9.17) is 0 Å². The molecule has 0 N–H and O–H groups in total. The van der Waals surface area contributed by atoms with E-state index in [0.29, 0.717) is 0 Å². The zero-order valence-electron chi connectivity index (χ0n) is 5.78. The first-order chi connectivity index (χ1) is 5.24. The molecule has 0 radical (unpaired) electrons. The molecule has 0 aromatic heterocycles. The van der Waals surface area contributed by atoms with Gasteiger partial charge in [-0.1, -0.05) is 47.8 Å². The van der Waals surface area contributed by atoms with Crippen molar-refractivity contribution in [2.45, 2.75) is 6.42 Å². The standard InChI is InChI=1S/C8H7Br3/c9-4-3-6-5-7(10)1-2-8(6)11/h1-2,5H,3-4H2. The van der Waals surface area contributed by atoms with Crippen LogP contribution in [0, 0.1) is 0 Å². The first kappa shape index (κ1) is 9.75. The lowest BCUT2D eigenvalue weighted by Gasteiger charge is -2.01. The Balaban J connectivity index is 2.93. The van der Waals surface area contributed by atoms with E-state index >= 15 is 0 Å². The van der Waals surface area contributed by atoms with Crippen molar-refractivity contribution in [3.63, 3.8) is 0 Å². The van der Waals surface area contributed by atoms with Crippen molar-refractivity contribution >= 4 is 47.8 Å². The maximum absolute atomic E-state index is 3.49. The van der Waals surface area contributed by atoms with Crippen LogP contribution in [0.2, 0.25) is 0 Å². The van der Waals surface area contributed by atoms with Gasteiger partial charge in [-0.2, -0.15) is 0 Å². The van der Waals surface area contributed by atoms with Crippen LogP contribution in [-0.4, -0.2) is 5.33 Å². The van der Waals surface area contributed by atoms with Crippen LogP contribution in [0.1, 0.15) is 5.56 Å². The van der Waals surface area contributed by atoms with Gasteiger partial charge in [-0.05, 0) is 30.2 Å². The van der Waals surface area contributed by atoms with Crippen molar-refractivity contribution in [3.05, 3.63) is 32.7 Å². The molecular formula is C8H7Br3. The normalized spacial score (nSPS) is 10.1. The third kappa shape index (κ3) is 2.88. The van der Waals surface area contributed by atoms with E-state index in [9.17, 15) is 0 Å². The second-order valence-corrected chi connectivity index (χ2v) is 4.74. The van der Waals surface area contributed by atoms with Crippen LogP contribution < -0.4 is 0 Å². The van der Waals surface area contributed by atoms with E-state index in [1.165, 1.54) is 10.0 Å². The summed E-state index contributed by atoms with van der Waals surface area (Å²) in [6.07, 6.45) is 1.06. The smallest absolute Gasteiger partial charge is 0.0208 e. The Hall–Kier alpha value is 0.660. The van der Waals surface area contributed by atoms with E-state index in [1.54, 1.807) is 0 Å². The van der Waals surface area contributed by atoms with Crippen molar-refractivity contribution < 1.29 is 0 Å². The molecule has 0 saturated heterocycles. The summed E-state index contributed by atoms with van der Waals surface area (Å²) < 4.78 is 2.32. The van der Waals surface area contributed by atoms with Crippen LogP contribution in [0.25, 0.3) is 0 Å². The number of hydrogen-bond donors (Lipinski definition) is 0. The van der Waals surface area contributed by atoms with Crippen molar-refractivity contribution in [1.29, 1.82) is 0 Å². The van der Waals surface area contributed by atoms with Crippen LogP contribution in [0.5, 0.6) is 0 Å². The summed E-state index contributed by atoms with van der Waals surface area (Å²) >= 11 is 10.3. The van der Waals surface area contributed by atoms with Gasteiger partial charge in [0.25, 0.3) is 0 Å². The van der Waals surface area contributed by atoms with Crippen LogP contribution >= 0.6 is 47.8 Å². The van der Waals surface area contributed by atoms with E-state index in [1.807, 2.05) is 6.07 Å². The van der Waals surface area contributed by atoms with Gasteiger partial charge in [0.1, 0.15) is 0 Å². The highest BCUT2D eigenvalue weighted by Crippen LogP contribution is 2.22. The Labute approximate surface area is 91.8 Å². The van der Waals surface area contributed by atoms with Gasteiger partial charge in [-0.3, -0.25) is 0 Å². The zero-order valence-corrected chi connectivity index (χ0v) is 10.5. The topological polar surface area (TPSA) is 0 Å². The molecule has 0 aliphatic carbocycles. The molecule has 0 nitrogen and oxygen atoms in total. The molecule has 0 fully saturated rings. The second-order valence-electron chi connectivity index (χ2n) is 2.17. The summed E-state index contributed by atoms with van der Waals surface area (Å²) in [4.78, 5) is 0. The summed E-state index contributed by atoms with van der Waals surface area (Å²) in [6.45, 7) is 0. The number of halogens is 3. The van der Waals surface area contributed by atoms with E-state index in [2.05, 4.69) is 59.9 Å². The van der Waals surface area contributed by atoms with Crippen LogP contribution in [0.15, 0.2) is 27.1 Å². The predicted molar refractivity (Wildman–Crippen MR) is 59.3 cm³/mol. The largest absolute Gasteiger partial charge is 0.0924 e. The Morgan fingerprint density at radius 1 is 1.18 bits per heavy atom. The Bertz CT molecular complexity index is 245. The molecule has 1 aromatic rings. The molecule has 60 valence electrons.